The molecule has 3 heterocycles. The lowest BCUT2D eigenvalue weighted by molar-refractivity contribution is -0.146. The molecular weight excluding hydrogens is 698 g/mol. The summed E-state index contributed by atoms with van der Waals surface area (Å²) in [7, 11) is 0. The van der Waals surface area contributed by atoms with Gasteiger partial charge in [-0.1, -0.05) is 24.3 Å². The molecule has 52 heavy (non-hydrogen) atoms. The quantitative estimate of drug-likeness (QED) is 0.165. The predicted octanol–water partition coefficient (Wildman–Crippen LogP) is 7.37. The zero-order valence-corrected chi connectivity index (χ0v) is 31.3. The summed E-state index contributed by atoms with van der Waals surface area (Å²) in [6.45, 7) is 14.6. The van der Waals surface area contributed by atoms with Gasteiger partial charge in [-0.3, -0.25) is 19.9 Å². The highest BCUT2D eigenvalue weighted by atomic mass is 32.1. The van der Waals surface area contributed by atoms with Gasteiger partial charge in [-0.05, 0) is 78.9 Å². The van der Waals surface area contributed by atoms with Crippen LogP contribution in [0.25, 0.3) is 10.6 Å². The lowest BCUT2D eigenvalue weighted by Crippen LogP contribution is -2.51. The minimum Gasteiger partial charge on any atom is -0.456 e. The number of carbonyl (C=O) groups is 4. The molecule has 1 fully saturated rings. The Balaban J connectivity index is 1.54. The van der Waals surface area contributed by atoms with Gasteiger partial charge in [0, 0.05) is 31.6 Å². The molecule has 2 aromatic heterocycles. The van der Waals surface area contributed by atoms with Crippen LogP contribution in [-0.4, -0.2) is 64.4 Å². The topological polar surface area (TPSA) is 161 Å². The first-order valence-electron chi connectivity index (χ1n) is 17.0. The van der Waals surface area contributed by atoms with Crippen molar-refractivity contribution in [2.24, 2.45) is 5.92 Å². The molecule has 3 N–H and O–H groups in total. The molecule has 3 atom stereocenters. The van der Waals surface area contributed by atoms with Gasteiger partial charge in [0.15, 0.2) is 5.69 Å². The van der Waals surface area contributed by atoms with E-state index in [1.807, 2.05) is 11.8 Å². The number of pyridine rings is 1. The highest BCUT2D eigenvalue weighted by molar-refractivity contribution is 7.19. The summed E-state index contributed by atoms with van der Waals surface area (Å²) >= 11 is 0.712. The van der Waals surface area contributed by atoms with E-state index in [9.17, 15) is 28.0 Å². The van der Waals surface area contributed by atoms with E-state index in [1.165, 1.54) is 19.2 Å². The first kappa shape index (κ1) is 38.4. The van der Waals surface area contributed by atoms with E-state index < -0.39 is 58.6 Å². The Morgan fingerprint density at radius 3 is 2.25 bits per heavy atom. The monoisotopic (exact) mass is 742 g/mol. The number of nitrogens with one attached hydrogen (secondary N) is 3. The zero-order valence-electron chi connectivity index (χ0n) is 30.4. The van der Waals surface area contributed by atoms with E-state index in [2.05, 4.69) is 25.9 Å². The van der Waals surface area contributed by atoms with Crippen LogP contribution in [0.4, 0.5) is 34.7 Å². The first-order valence-corrected chi connectivity index (χ1v) is 17.8. The standard InChI is InChI=1S/C36H44F2N6O7S/c1-18-14-20(40-33(47)50-35(3,4)5)17-44(16-18)29-21-12-13-25(49-19(2)45)27(21)39-15-24(29)41-30(46)28-32(43-34(48)51-36(6,7)8)52-31(42-28)26-22(37)10-9-11-23(26)38/h9-11,15,18,20,25H,12-14,16-17H2,1-8H3,(H,40,47)(H,41,46)(H,43,48). The number of halogens is 2. The molecule has 3 amide bonds. The van der Waals surface area contributed by atoms with Crippen molar-refractivity contribution < 1.29 is 42.2 Å². The smallest absolute Gasteiger partial charge is 0.412 e. The Morgan fingerprint density at radius 1 is 0.962 bits per heavy atom. The number of nitrogens with zero attached hydrogens (tertiary/aromatic N) is 3. The van der Waals surface area contributed by atoms with Gasteiger partial charge >= 0.3 is 18.2 Å². The molecule has 0 saturated carbocycles. The summed E-state index contributed by atoms with van der Waals surface area (Å²) in [5, 5.41) is 8.08. The van der Waals surface area contributed by atoms with Crippen molar-refractivity contribution in [1.29, 1.82) is 0 Å². The van der Waals surface area contributed by atoms with Crippen LogP contribution >= 0.6 is 11.3 Å². The van der Waals surface area contributed by atoms with E-state index in [0.717, 1.165) is 17.7 Å². The number of carbonyl (C=O) groups excluding carboxylic acids is 4. The highest BCUT2D eigenvalue weighted by Crippen LogP contribution is 2.44. The Hall–Kier alpha value is -4.86. The van der Waals surface area contributed by atoms with Crippen LogP contribution in [0.5, 0.6) is 0 Å². The molecule has 0 bridgehead atoms. The van der Waals surface area contributed by atoms with E-state index in [4.69, 9.17) is 14.2 Å². The van der Waals surface area contributed by atoms with Gasteiger partial charge in [0.25, 0.3) is 5.91 Å². The van der Waals surface area contributed by atoms with E-state index in [0.29, 0.717) is 55.1 Å². The molecule has 280 valence electrons. The normalized spacial score (nSPS) is 18.7. The average molecular weight is 743 g/mol. The number of benzene rings is 1. The number of thiazole rings is 1. The van der Waals surface area contributed by atoms with Crippen molar-refractivity contribution in [2.45, 2.75) is 98.0 Å². The fraction of sp³-hybridized carbons (Fsp3) is 0.500. The summed E-state index contributed by atoms with van der Waals surface area (Å²) in [5.74, 6) is -2.94. The first-order chi connectivity index (χ1) is 24.3. The number of fused-ring (bicyclic) bond motifs is 1. The second-order valence-electron chi connectivity index (χ2n) is 15.0. The summed E-state index contributed by atoms with van der Waals surface area (Å²) in [5.41, 5.74) is -0.126. The maximum Gasteiger partial charge on any atom is 0.412 e. The highest BCUT2D eigenvalue weighted by Gasteiger charge is 2.36. The number of rotatable bonds is 7. The molecule has 1 aliphatic heterocycles. The fourth-order valence-corrected chi connectivity index (χ4v) is 7.32. The van der Waals surface area contributed by atoms with Gasteiger partial charge in [0.1, 0.15) is 38.9 Å². The molecule has 0 radical (unpaired) electrons. The number of hydrogen-bond donors (Lipinski definition) is 3. The van der Waals surface area contributed by atoms with E-state index >= 15 is 0 Å². The minimum absolute atomic E-state index is 0.0942. The van der Waals surface area contributed by atoms with Crippen molar-refractivity contribution >= 4 is 51.8 Å². The van der Waals surface area contributed by atoms with Crippen molar-refractivity contribution in [3.63, 3.8) is 0 Å². The summed E-state index contributed by atoms with van der Waals surface area (Å²) in [6, 6.07) is 3.03. The van der Waals surface area contributed by atoms with Gasteiger partial charge in [-0.25, -0.2) is 23.4 Å². The maximum absolute atomic E-state index is 14.9. The Labute approximate surface area is 304 Å². The lowest BCUT2D eigenvalue weighted by Gasteiger charge is -2.40. The van der Waals surface area contributed by atoms with Gasteiger partial charge in [-0.15, -0.1) is 0 Å². The van der Waals surface area contributed by atoms with Crippen LogP contribution in [0, 0.1) is 17.6 Å². The van der Waals surface area contributed by atoms with Crippen LogP contribution in [0.2, 0.25) is 0 Å². The average Bonchev–Trinajstić information content (AvgIpc) is 3.58. The lowest BCUT2D eigenvalue weighted by atomic mass is 9.94. The van der Waals surface area contributed by atoms with Crippen LogP contribution in [-0.2, 0) is 25.4 Å². The molecule has 1 saturated heterocycles. The van der Waals surface area contributed by atoms with Gasteiger partial charge in [0.05, 0.1) is 28.8 Å². The zero-order chi connectivity index (χ0) is 38.1. The van der Waals surface area contributed by atoms with Crippen LogP contribution in [0.1, 0.15) is 96.1 Å². The van der Waals surface area contributed by atoms with Crippen molar-refractivity contribution in [3.05, 3.63) is 53.0 Å². The molecule has 13 nitrogen and oxygen atoms in total. The van der Waals surface area contributed by atoms with E-state index in [-0.39, 0.29) is 33.3 Å². The number of esters is 1. The molecule has 2 aliphatic rings. The molecule has 3 aromatic rings. The maximum atomic E-state index is 14.9. The second-order valence-corrected chi connectivity index (χ2v) is 16.0. The fourth-order valence-electron chi connectivity index (χ4n) is 6.32. The van der Waals surface area contributed by atoms with E-state index in [1.54, 1.807) is 41.5 Å². The van der Waals surface area contributed by atoms with Crippen LogP contribution in [0.15, 0.2) is 24.4 Å². The predicted molar refractivity (Wildman–Crippen MR) is 191 cm³/mol. The molecule has 1 aromatic carbocycles. The third-order valence-electron chi connectivity index (χ3n) is 8.03. The largest absolute Gasteiger partial charge is 0.456 e. The van der Waals surface area contributed by atoms with Crippen molar-refractivity contribution in [3.8, 4) is 10.6 Å². The number of alkyl carbamates (subject to hydrolysis) is 1. The Kier molecular flexibility index (Phi) is 11.1. The Bertz CT molecular complexity index is 1850. The summed E-state index contributed by atoms with van der Waals surface area (Å²) in [4.78, 5) is 62.6. The number of amides is 3. The molecule has 16 heteroatoms. The minimum atomic E-state index is -0.897. The molecule has 0 spiro atoms. The third-order valence-corrected chi connectivity index (χ3v) is 9.02. The number of hydrogen-bond acceptors (Lipinski definition) is 11. The molecule has 5 rings (SSSR count). The number of piperidine rings is 1. The SMILES string of the molecule is CC(=O)OC1CCc2c1ncc(NC(=O)c1nc(-c3c(F)cccc3F)sc1NC(=O)OC(C)(C)C)c2N1CC(C)CC(NC(=O)OC(C)(C)C)C1. The molecule has 3 unspecified atom stereocenters. The Morgan fingerprint density at radius 2 is 1.62 bits per heavy atom. The van der Waals surface area contributed by atoms with Crippen LogP contribution < -0.4 is 20.9 Å². The summed E-state index contributed by atoms with van der Waals surface area (Å²) < 4.78 is 46.2. The molecule has 1 aliphatic carbocycles. The van der Waals surface area contributed by atoms with Crippen molar-refractivity contribution in [2.75, 3.05) is 28.6 Å². The van der Waals surface area contributed by atoms with Gasteiger partial charge in [-0.2, -0.15) is 0 Å². The van der Waals surface area contributed by atoms with Gasteiger partial charge in [0.2, 0.25) is 0 Å². The molecular formula is C36H44F2N6O7S. The summed E-state index contributed by atoms with van der Waals surface area (Å²) in [6.07, 6.45) is 1.05. The van der Waals surface area contributed by atoms with Gasteiger partial charge < -0.3 is 29.7 Å². The van der Waals surface area contributed by atoms with Crippen LogP contribution in [0.3, 0.4) is 0 Å². The van der Waals surface area contributed by atoms with Crippen molar-refractivity contribution in [1.82, 2.24) is 15.3 Å². The number of aromatic nitrogens is 2. The number of ether oxygens (including phenoxy) is 3. The number of anilines is 3. The third kappa shape index (κ3) is 9.32. The second kappa shape index (κ2) is 15.0.